The molecule has 6 nitrogen and oxygen atoms in total. The van der Waals surface area contributed by atoms with Gasteiger partial charge in [0, 0.05) is 10.5 Å². The maximum atomic E-state index is 12.0. The molecule has 2 N–H and O–H groups in total. The second-order valence-corrected chi connectivity index (χ2v) is 5.66. The van der Waals surface area contributed by atoms with Crippen LogP contribution in [0.25, 0.3) is 11.3 Å². The van der Waals surface area contributed by atoms with Crippen molar-refractivity contribution in [3.05, 3.63) is 66.3 Å². The van der Waals surface area contributed by atoms with Crippen molar-refractivity contribution >= 4 is 23.6 Å². The van der Waals surface area contributed by atoms with Gasteiger partial charge in [0.2, 0.25) is 0 Å². The van der Waals surface area contributed by atoms with Gasteiger partial charge in [0.05, 0.1) is 6.26 Å². The summed E-state index contributed by atoms with van der Waals surface area (Å²) in [5.74, 6) is -0.331. The Balaban J connectivity index is 1.64. The van der Waals surface area contributed by atoms with E-state index in [2.05, 4.69) is 10.9 Å². The number of hydrogen-bond acceptors (Lipinski definition) is 5. The molecule has 2 heterocycles. The maximum absolute atomic E-state index is 12.0. The highest BCUT2D eigenvalue weighted by Gasteiger charge is 2.14. The third-order valence-electron chi connectivity index (χ3n) is 3.24. The van der Waals surface area contributed by atoms with E-state index in [1.807, 2.05) is 30.5 Å². The van der Waals surface area contributed by atoms with Gasteiger partial charge in [-0.1, -0.05) is 12.1 Å². The number of carbonyl (C=O) groups excluding carboxylic acids is 2. The van der Waals surface area contributed by atoms with E-state index in [4.69, 9.17) is 8.83 Å². The Kier molecular flexibility index (Phi) is 4.72. The van der Waals surface area contributed by atoms with Crippen LogP contribution in [0.4, 0.5) is 0 Å². The minimum atomic E-state index is -0.554. The fraction of sp³-hybridized carbons (Fsp3) is 0.0588. The van der Waals surface area contributed by atoms with Crippen LogP contribution in [0.2, 0.25) is 0 Å². The lowest BCUT2D eigenvalue weighted by molar-refractivity contribution is 0.0817. The number of hydrogen-bond donors (Lipinski definition) is 2. The first-order valence-corrected chi connectivity index (χ1v) is 8.28. The summed E-state index contributed by atoms with van der Waals surface area (Å²) in [6.07, 6.45) is 3.37. The topological polar surface area (TPSA) is 84.5 Å². The summed E-state index contributed by atoms with van der Waals surface area (Å²) in [5, 5.41) is 0. The van der Waals surface area contributed by atoms with Crippen molar-refractivity contribution in [2.24, 2.45) is 0 Å². The summed E-state index contributed by atoms with van der Waals surface area (Å²) >= 11 is 1.65. The first-order chi connectivity index (χ1) is 11.7. The van der Waals surface area contributed by atoms with E-state index in [0.29, 0.717) is 5.76 Å². The van der Waals surface area contributed by atoms with Gasteiger partial charge < -0.3 is 8.83 Å². The van der Waals surface area contributed by atoms with Crippen LogP contribution in [0.1, 0.15) is 21.1 Å². The Labute approximate surface area is 142 Å². The molecule has 3 aromatic rings. The third kappa shape index (κ3) is 3.52. The van der Waals surface area contributed by atoms with Crippen LogP contribution >= 0.6 is 11.8 Å². The van der Waals surface area contributed by atoms with E-state index in [9.17, 15) is 9.59 Å². The van der Waals surface area contributed by atoms with E-state index < -0.39 is 11.8 Å². The molecule has 2 aromatic heterocycles. The molecule has 3 rings (SSSR count). The zero-order valence-electron chi connectivity index (χ0n) is 12.7. The van der Waals surface area contributed by atoms with Gasteiger partial charge in [-0.25, -0.2) is 0 Å². The van der Waals surface area contributed by atoms with Crippen molar-refractivity contribution in [2.75, 3.05) is 6.26 Å². The predicted molar refractivity (Wildman–Crippen MR) is 89.6 cm³/mol. The average molecular weight is 342 g/mol. The predicted octanol–water partition coefficient (Wildman–Crippen LogP) is 3.34. The molecule has 0 aliphatic heterocycles. The van der Waals surface area contributed by atoms with Gasteiger partial charge in [0.1, 0.15) is 5.76 Å². The molecule has 0 bridgehead atoms. The Morgan fingerprint density at radius 3 is 2.25 bits per heavy atom. The molecule has 0 saturated carbocycles. The minimum absolute atomic E-state index is 0.0960. The Morgan fingerprint density at radius 2 is 1.62 bits per heavy atom. The zero-order chi connectivity index (χ0) is 16.9. The molecule has 122 valence electrons. The summed E-state index contributed by atoms with van der Waals surface area (Å²) in [7, 11) is 0. The molecule has 0 radical (unpaired) electrons. The van der Waals surface area contributed by atoms with Crippen LogP contribution in [-0.2, 0) is 0 Å². The Morgan fingerprint density at radius 1 is 0.917 bits per heavy atom. The molecule has 2 amide bonds. The second-order valence-electron chi connectivity index (χ2n) is 4.78. The molecule has 0 saturated heterocycles. The van der Waals surface area contributed by atoms with Crippen LogP contribution in [0.5, 0.6) is 0 Å². The van der Waals surface area contributed by atoms with Gasteiger partial charge in [-0.3, -0.25) is 20.4 Å². The monoisotopic (exact) mass is 342 g/mol. The van der Waals surface area contributed by atoms with Crippen molar-refractivity contribution in [1.82, 2.24) is 10.9 Å². The van der Waals surface area contributed by atoms with Crippen molar-refractivity contribution in [3.8, 4) is 11.3 Å². The van der Waals surface area contributed by atoms with Gasteiger partial charge in [0.25, 0.3) is 0 Å². The van der Waals surface area contributed by atoms with Gasteiger partial charge in [0.15, 0.2) is 11.5 Å². The average Bonchev–Trinajstić information content (AvgIpc) is 3.31. The lowest BCUT2D eigenvalue weighted by Gasteiger charge is -2.04. The molecule has 0 fully saturated rings. The van der Waals surface area contributed by atoms with Gasteiger partial charge in [-0.15, -0.1) is 11.8 Å². The number of carbonyl (C=O) groups is 2. The van der Waals surface area contributed by atoms with Crippen LogP contribution < -0.4 is 10.9 Å². The smallest absolute Gasteiger partial charge is 0.305 e. The van der Waals surface area contributed by atoms with Gasteiger partial charge >= 0.3 is 11.8 Å². The summed E-state index contributed by atoms with van der Waals surface area (Å²) in [4.78, 5) is 24.8. The highest BCUT2D eigenvalue weighted by Crippen LogP contribution is 2.24. The molecule has 24 heavy (non-hydrogen) atoms. The molecule has 0 aliphatic rings. The quantitative estimate of drug-likeness (QED) is 0.561. The number of nitrogens with one attached hydrogen (secondary N) is 2. The van der Waals surface area contributed by atoms with Crippen LogP contribution in [-0.4, -0.2) is 18.1 Å². The van der Waals surface area contributed by atoms with E-state index in [0.717, 1.165) is 10.5 Å². The fourth-order valence-corrected chi connectivity index (χ4v) is 2.42. The number of amides is 2. The zero-order valence-corrected chi connectivity index (χ0v) is 13.6. The lowest BCUT2D eigenvalue weighted by Crippen LogP contribution is -2.41. The fourth-order valence-electron chi connectivity index (χ4n) is 2.01. The number of furan rings is 2. The Bertz CT molecular complexity index is 838. The summed E-state index contributed by atoms with van der Waals surface area (Å²) in [6, 6.07) is 14.1. The molecule has 0 spiro atoms. The summed E-state index contributed by atoms with van der Waals surface area (Å²) < 4.78 is 10.5. The third-order valence-corrected chi connectivity index (χ3v) is 3.98. The van der Waals surface area contributed by atoms with Crippen molar-refractivity contribution in [2.45, 2.75) is 4.90 Å². The number of hydrazine groups is 1. The normalized spacial score (nSPS) is 10.4. The largest absolute Gasteiger partial charge is 0.459 e. The van der Waals surface area contributed by atoms with Crippen LogP contribution in [0.15, 0.2) is 68.5 Å². The number of rotatable bonds is 4. The maximum Gasteiger partial charge on any atom is 0.305 e. The van der Waals surface area contributed by atoms with E-state index >= 15 is 0 Å². The molecular weight excluding hydrogens is 328 g/mol. The van der Waals surface area contributed by atoms with E-state index in [1.54, 1.807) is 30.0 Å². The molecular formula is C17H14N2O4S. The summed E-state index contributed by atoms with van der Waals surface area (Å²) in [5.41, 5.74) is 5.39. The standard InChI is InChI=1S/C17H14N2O4S/c1-24-12-6-4-11(5-7-12)13-8-9-15(23-13)17(21)19-18-16(20)14-3-2-10-22-14/h2-10H,1H3,(H,18,20)(H,19,21). The van der Waals surface area contributed by atoms with E-state index in [1.165, 1.54) is 12.3 Å². The van der Waals surface area contributed by atoms with E-state index in [-0.39, 0.29) is 11.5 Å². The van der Waals surface area contributed by atoms with Crippen molar-refractivity contribution in [1.29, 1.82) is 0 Å². The highest BCUT2D eigenvalue weighted by molar-refractivity contribution is 7.98. The second kappa shape index (κ2) is 7.10. The molecule has 0 aliphatic carbocycles. The Hall–Kier alpha value is -2.93. The number of thioether (sulfide) groups is 1. The highest BCUT2D eigenvalue weighted by atomic mass is 32.2. The van der Waals surface area contributed by atoms with Crippen molar-refractivity contribution < 1.29 is 18.4 Å². The van der Waals surface area contributed by atoms with Gasteiger partial charge in [-0.2, -0.15) is 0 Å². The molecule has 0 unspecified atom stereocenters. The SMILES string of the molecule is CSc1ccc(-c2ccc(C(=O)NNC(=O)c3ccco3)o2)cc1. The van der Waals surface area contributed by atoms with Crippen molar-refractivity contribution in [3.63, 3.8) is 0 Å². The number of benzene rings is 1. The van der Waals surface area contributed by atoms with Crippen LogP contribution in [0, 0.1) is 0 Å². The van der Waals surface area contributed by atoms with Crippen LogP contribution in [0.3, 0.4) is 0 Å². The lowest BCUT2D eigenvalue weighted by atomic mass is 10.2. The van der Waals surface area contributed by atoms with Gasteiger partial charge in [-0.05, 0) is 42.7 Å². The summed E-state index contributed by atoms with van der Waals surface area (Å²) in [6.45, 7) is 0. The molecule has 0 atom stereocenters. The minimum Gasteiger partial charge on any atom is -0.459 e. The molecule has 7 heteroatoms. The molecule has 1 aromatic carbocycles. The first-order valence-electron chi connectivity index (χ1n) is 7.06. The first kappa shape index (κ1) is 15.9.